The molecule has 0 saturated carbocycles. The molecule has 2 aromatic heterocycles. The number of primary amides is 1. The van der Waals surface area contributed by atoms with Crippen molar-refractivity contribution in [2.45, 2.75) is 38.1 Å². The largest absolute Gasteiger partial charge is 0.491 e. The fraction of sp³-hybridized carbons (Fsp3) is 0.281. The first-order valence-corrected chi connectivity index (χ1v) is 14.2. The zero-order chi connectivity index (χ0) is 34.4. The number of rotatable bonds is 13. The molecule has 0 aliphatic rings. The highest BCUT2D eigenvalue weighted by molar-refractivity contribution is 5.96. The topological polar surface area (TPSA) is 170 Å². The number of amides is 2. The molecule has 248 valence electrons. The van der Waals surface area contributed by atoms with Gasteiger partial charge >= 0.3 is 6.18 Å². The van der Waals surface area contributed by atoms with E-state index >= 15 is 0 Å². The van der Waals surface area contributed by atoms with Crippen molar-refractivity contribution >= 4 is 11.8 Å². The zero-order valence-corrected chi connectivity index (χ0v) is 25.2. The summed E-state index contributed by atoms with van der Waals surface area (Å²) in [6.45, 7) is 1.66. The number of nitrogens with zero attached hydrogens (tertiary/aromatic N) is 3. The van der Waals surface area contributed by atoms with Gasteiger partial charge in [-0.2, -0.15) is 13.2 Å². The first-order valence-electron chi connectivity index (χ1n) is 14.2. The van der Waals surface area contributed by atoms with E-state index in [4.69, 9.17) is 15.2 Å². The summed E-state index contributed by atoms with van der Waals surface area (Å²) in [6.07, 6.45) is -2.64. The molecule has 0 aliphatic heterocycles. The van der Waals surface area contributed by atoms with Crippen LogP contribution in [0.5, 0.6) is 11.5 Å². The summed E-state index contributed by atoms with van der Waals surface area (Å²) >= 11 is 0. The van der Waals surface area contributed by atoms with Gasteiger partial charge in [0.05, 0.1) is 31.4 Å². The van der Waals surface area contributed by atoms with Gasteiger partial charge in [0.1, 0.15) is 35.9 Å². The van der Waals surface area contributed by atoms with Gasteiger partial charge in [-0.3, -0.25) is 9.59 Å². The van der Waals surface area contributed by atoms with E-state index in [1.165, 1.54) is 56.0 Å². The molecule has 0 spiro atoms. The van der Waals surface area contributed by atoms with Gasteiger partial charge < -0.3 is 30.7 Å². The maximum atomic E-state index is 14.7. The average molecular weight is 658 g/mol. The monoisotopic (exact) mass is 657 g/mol. The van der Waals surface area contributed by atoms with E-state index in [1.54, 1.807) is 6.92 Å². The molecule has 0 aliphatic carbocycles. The molecule has 4 rings (SSSR count). The minimum absolute atomic E-state index is 0.0283. The molecule has 0 fully saturated rings. The molecule has 2 heterocycles. The van der Waals surface area contributed by atoms with Crippen LogP contribution < -0.4 is 20.5 Å². The van der Waals surface area contributed by atoms with Crippen molar-refractivity contribution in [3.63, 3.8) is 0 Å². The lowest BCUT2D eigenvalue weighted by Crippen LogP contribution is -2.51. The second-order valence-electron chi connectivity index (χ2n) is 10.5. The van der Waals surface area contributed by atoms with Gasteiger partial charge in [0, 0.05) is 40.2 Å². The van der Waals surface area contributed by atoms with Crippen molar-refractivity contribution in [2.75, 3.05) is 19.8 Å². The highest BCUT2D eigenvalue weighted by atomic mass is 19.4. The molecule has 2 amide bonds. The summed E-state index contributed by atoms with van der Waals surface area (Å²) in [5.41, 5.74) is 1.08. The van der Waals surface area contributed by atoms with Crippen LogP contribution in [0.1, 0.15) is 35.5 Å². The van der Waals surface area contributed by atoms with Crippen LogP contribution in [-0.4, -0.2) is 69.0 Å². The number of aliphatic hydroxyl groups is 2. The van der Waals surface area contributed by atoms with Crippen LogP contribution in [0.25, 0.3) is 22.4 Å². The Morgan fingerprint density at radius 2 is 1.70 bits per heavy atom. The SMILES string of the molecule is CCOc1c(CC(N)=O)cc([C@@](O)(CNC(=O)c2ccc(OC[C@@H](C)O)c(-c3cncnc3)c2)C(F)(F)F)nc1-c1ccc(F)cc1. The Kier molecular flexibility index (Phi) is 10.7. The number of ether oxygens (including phenoxy) is 2. The fourth-order valence-electron chi connectivity index (χ4n) is 4.54. The standard InChI is InChI=1S/C32H31F4N5O6/c1-3-46-29-21(12-27(37)43)11-26(41-28(29)19-4-7-23(33)8-5-19)31(45,32(34,35)36)16-40-30(44)20-6-9-25(47-15-18(2)42)24(10-20)22-13-38-17-39-14-22/h4-11,13-14,17-18,42,45H,3,12,15-16H2,1-2H3,(H2,37,43)(H,40,44)/t18-,31+/m1/s1. The highest BCUT2D eigenvalue weighted by Gasteiger charge is 2.56. The third kappa shape index (κ3) is 8.17. The normalized spacial score (nSPS) is 13.4. The Labute approximate surface area is 266 Å². The lowest BCUT2D eigenvalue weighted by Gasteiger charge is -2.31. The predicted molar refractivity (Wildman–Crippen MR) is 161 cm³/mol. The number of hydrogen-bond acceptors (Lipinski definition) is 9. The van der Waals surface area contributed by atoms with Gasteiger partial charge in [-0.15, -0.1) is 0 Å². The Hall–Kier alpha value is -5.15. The zero-order valence-electron chi connectivity index (χ0n) is 25.2. The third-order valence-electron chi connectivity index (χ3n) is 6.81. The maximum absolute atomic E-state index is 14.7. The Morgan fingerprint density at radius 3 is 2.30 bits per heavy atom. The van der Waals surface area contributed by atoms with Crippen molar-refractivity contribution in [1.82, 2.24) is 20.3 Å². The van der Waals surface area contributed by atoms with Crippen LogP contribution >= 0.6 is 0 Å². The smallest absolute Gasteiger partial charge is 0.424 e. The molecule has 2 atom stereocenters. The van der Waals surface area contributed by atoms with E-state index in [-0.39, 0.29) is 47.1 Å². The van der Waals surface area contributed by atoms with Crippen LogP contribution in [0.3, 0.4) is 0 Å². The number of nitrogens with two attached hydrogens (primary N) is 1. The Bertz CT molecular complexity index is 1720. The molecule has 15 heteroatoms. The number of aromatic nitrogens is 3. The van der Waals surface area contributed by atoms with Crippen molar-refractivity contribution in [3.8, 4) is 33.9 Å². The number of carbonyl (C=O) groups excluding carboxylic acids is 2. The lowest BCUT2D eigenvalue weighted by molar-refractivity contribution is -0.265. The van der Waals surface area contributed by atoms with E-state index in [1.807, 2.05) is 0 Å². The highest BCUT2D eigenvalue weighted by Crippen LogP contribution is 2.42. The second kappa shape index (κ2) is 14.5. The third-order valence-corrected chi connectivity index (χ3v) is 6.81. The van der Waals surface area contributed by atoms with Gasteiger partial charge in [0.25, 0.3) is 5.91 Å². The predicted octanol–water partition coefficient (Wildman–Crippen LogP) is 3.71. The maximum Gasteiger partial charge on any atom is 0.424 e. The quantitative estimate of drug-likeness (QED) is 0.157. The summed E-state index contributed by atoms with van der Waals surface area (Å²) < 4.78 is 69.0. The summed E-state index contributed by atoms with van der Waals surface area (Å²) in [5, 5.41) is 23.0. The number of hydrogen-bond donors (Lipinski definition) is 4. The first kappa shape index (κ1) is 34.7. The summed E-state index contributed by atoms with van der Waals surface area (Å²) in [4.78, 5) is 37.1. The van der Waals surface area contributed by atoms with E-state index in [0.29, 0.717) is 11.1 Å². The molecule has 2 aromatic carbocycles. The molecule has 11 nitrogen and oxygen atoms in total. The van der Waals surface area contributed by atoms with Crippen LogP contribution in [0.2, 0.25) is 0 Å². The van der Waals surface area contributed by atoms with Crippen molar-refractivity contribution < 1.29 is 46.8 Å². The van der Waals surface area contributed by atoms with Crippen LogP contribution in [0, 0.1) is 5.82 Å². The number of benzene rings is 2. The van der Waals surface area contributed by atoms with Crippen molar-refractivity contribution in [3.05, 3.63) is 89.9 Å². The number of aliphatic hydroxyl groups excluding tert-OH is 1. The minimum atomic E-state index is -5.39. The fourth-order valence-corrected chi connectivity index (χ4v) is 4.54. The number of halogens is 4. The number of alkyl halides is 3. The average Bonchev–Trinajstić information content (AvgIpc) is 3.03. The minimum Gasteiger partial charge on any atom is -0.491 e. The molecule has 0 unspecified atom stereocenters. The van der Waals surface area contributed by atoms with Crippen LogP contribution in [-0.2, 0) is 16.8 Å². The lowest BCUT2D eigenvalue weighted by atomic mass is 9.93. The Morgan fingerprint density at radius 1 is 1.02 bits per heavy atom. The molecule has 0 radical (unpaired) electrons. The van der Waals surface area contributed by atoms with Gasteiger partial charge in [-0.25, -0.2) is 19.3 Å². The summed E-state index contributed by atoms with van der Waals surface area (Å²) in [5.74, 6) is -2.35. The number of nitrogens with one attached hydrogen (secondary N) is 1. The van der Waals surface area contributed by atoms with Crippen LogP contribution in [0.15, 0.2) is 67.3 Å². The van der Waals surface area contributed by atoms with Gasteiger partial charge in [0.15, 0.2) is 0 Å². The Balaban J connectivity index is 1.75. The second-order valence-corrected chi connectivity index (χ2v) is 10.5. The number of carbonyl (C=O) groups is 2. The van der Waals surface area contributed by atoms with E-state index in [2.05, 4.69) is 20.3 Å². The van der Waals surface area contributed by atoms with Gasteiger partial charge in [-0.05, 0) is 62.4 Å². The van der Waals surface area contributed by atoms with E-state index in [9.17, 15) is 37.4 Å². The molecule has 0 bridgehead atoms. The first-order chi connectivity index (χ1) is 22.2. The molecule has 5 N–H and O–H groups in total. The van der Waals surface area contributed by atoms with Crippen LogP contribution in [0.4, 0.5) is 17.6 Å². The van der Waals surface area contributed by atoms with E-state index < -0.39 is 54.2 Å². The summed E-state index contributed by atoms with van der Waals surface area (Å²) in [6, 6.07) is 9.47. The van der Waals surface area contributed by atoms with Crippen molar-refractivity contribution in [1.29, 1.82) is 0 Å². The molecular formula is C32H31F4N5O6. The molecule has 47 heavy (non-hydrogen) atoms. The van der Waals surface area contributed by atoms with Gasteiger partial charge in [-0.1, -0.05) is 0 Å². The van der Waals surface area contributed by atoms with Gasteiger partial charge in [0.2, 0.25) is 11.5 Å². The van der Waals surface area contributed by atoms with E-state index in [0.717, 1.165) is 18.2 Å². The van der Waals surface area contributed by atoms with Crippen molar-refractivity contribution in [2.24, 2.45) is 5.73 Å². The molecule has 0 saturated heterocycles. The molecular weight excluding hydrogens is 626 g/mol. The summed E-state index contributed by atoms with van der Waals surface area (Å²) in [7, 11) is 0. The number of pyridine rings is 1. The molecule has 4 aromatic rings.